The van der Waals surface area contributed by atoms with Gasteiger partial charge in [0.05, 0.1) is 4.90 Å². The first-order valence-corrected chi connectivity index (χ1v) is 11.4. The van der Waals surface area contributed by atoms with E-state index in [1.807, 2.05) is 6.07 Å². The minimum Gasteiger partial charge on any atom is -0.350 e. The van der Waals surface area contributed by atoms with Gasteiger partial charge in [0.2, 0.25) is 21.8 Å². The topological polar surface area (TPSA) is 99.7 Å². The predicted molar refractivity (Wildman–Crippen MR) is 111 cm³/mol. The lowest BCUT2D eigenvalue weighted by atomic mass is 10.1. The Kier molecular flexibility index (Phi) is 5.57. The summed E-state index contributed by atoms with van der Waals surface area (Å²) in [7, 11) is -3.56. The largest absolute Gasteiger partial charge is 0.350 e. The number of fused-ring (bicyclic) bond motifs is 1. The number of nitrogens with zero attached hydrogens (tertiary/aromatic N) is 3. The molecule has 2 aromatic rings. The Labute approximate surface area is 175 Å². The molecule has 4 rings (SSSR count). The van der Waals surface area contributed by atoms with Gasteiger partial charge in [-0.1, -0.05) is 6.07 Å². The van der Waals surface area contributed by atoms with Gasteiger partial charge in [0, 0.05) is 51.1 Å². The standard InChI is InChI=1S/C21H24N4O4S/c1-15(26)25-19-7-6-18(30(28,29)24-9-2-3-10-24)11-17(19)12-20(25)21(27)23-14-16-5-4-8-22-13-16/h4-8,11,13,20H,2-3,9-10,12,14H2,1H3,(H,23,27)/t20-/m0/s1. The molecule has 0 unspecified atom stereocenters. The van der Waals surface area contributed by atoms with Crippen molar-refractivity contribution in [2.24, 2.45) is 0 Å². The number of nitrogens with one attached hydrogen (secondary N) is 1. The molecule has 1 saturated heterocycles. The zero-order chi connectivity index (χ0) is 21.3. The average molecular weight is 429 g/mol. The maximum absolute atomic E-state index is 12.9. The summed E-state index contributed by atoms with van der Waals surface area (Å²) in [6.45, 7) is 2.77. The molecule has 1 atom stereocenters. The highest BCUT2D eigenvalue weighted by atomic mass is 32.2. The molecule has 2 aliphatic rings. The van der Waals surface area contributed by atoms with Crippen molar-refractivity contribution in [1.82, 2.24) is 14.6 Å². The van der Waals surface area contributed by atoms with E-state index in [0.29, 0.717) is 30.9 Å². The molecule has 0 radical (unpaired) electrons. The number of hydrogen-bond acceptors (Lipinski definition) is 5. The number of benzene rings is 1. The van der Waals surface area contributed by atoms with Crippen molar-refractivity contribution in [1.29, 1.82) is 0 Å². The Morgan fingerprint density at radius 2 is 1.97 bits per heavy atom. The Morgan fingerprint density at radius 3 is 2.63 bits per heavy atom. The molecule has 3 heterocycles. The summed E-state index contributed by atoms with van der Waals surface area (Å²) in [5.74, 6) is -0.542. The van der Waals surface area contributed by atoms with Crippen LogP contribution in [0.15, 0.2) is 47.6 Å². The summed E-state index contributed by atoms with van der Waals surface area (Å²) in [6.07, 6.45) is 5.33. The van der Waals surface area contributed by atoms with Crippen LogP contribution in [0.1, 0.15) is 30.9 Å². The molecule has 2 amide bonds. The molecule has 2 aliphatic heterocycles. The number of rotatable bonds is 5. The van der Waals surface area contributed by atoms with Gasteiger partial charge < -0.3 is 5.32 Å². The minimum atomic E-state index is -3.56. The Balaban J connectivity index is 1.56. The molecule has 0 aliphatic carbocycles. The van der Waals surface area contributed by atoms with Gasteiger partial charge in [-0.3, -0.25) is 19.5 Å². The predicted octanol–water partition coefficient (Wildman–Crippen LogP) is 1.46. The fourth-order valence-electron chi connectivity index (χ4n) is 4.07. The van der Waals surface area contributed by atoms with Crippen LogP contribution in [0.5, 0.6) is 0 Å². The third kappa shape index (κ3) is 3.82. The first-order valence-electron chi connectivity index (χ1n) is 9.97. The van der Waals surface area contributed by atoms with Gasteiger partial charge in [0.1, 0.15) is 6.04 Å². The second-order valence-electron chi connectivity index (χ2n) is 7.59. The van der Waals surface area contributed by atoms with Gasteiger partial charge in [0.25, 0.3) is 0 Å². The molecular weight excluding hydrogens is 404 g/mol. The number of hydrogen-bond donors (Lipinski definition) is 1. The van der Waals surface area contributed by atoms with Crippen LogP contribution in [0.4, 0.5) is 5.69 Å². The SMILES string of the molecule is CC(=O)N1c2ccc(S(=O)(=O)N3CCCC3)cc2C[C@H]1C(=O)NCc1cccnc1. The van der Waals surface area contributed by atoms with E-state index in [0.717, 1.165) is 18.4 Å². The van der Waals surface area contributed by atoms with Gasteiger partial charge in [-0.25, -0.2) is 8.42 Å². The first-order chi connectivity index (χ1) is 14.4. The number of anilines is 1. The average Bonchev–Trinajstić information content (AvgIpc) is 3.40. The smallest absolute Gasteiger partial charge is 0.243 e. The summed E-state index contributed by atoms with van der Waals surface area (Å²) in [6, 6.07) is 7.70. The molecule has 9 heteroatoms. The lowest BCUT2D eigenvalue weighted by molar-refractivity contribution is -0.125. The highest BCUT2D eigenvalue weighted by molar-refractivity contribution is 7.89. The quantitative estimate of drug-likeness (QED) is 0.777. The number of pyridine rings is 1. The Hall–Kier alpha value is -2.78. The Bertz CT molecular complexity index is 1070. The van der Waals surface area contributed by atoms with Gasteiger partial charge in [-0.2, -0.15) is 4.31 Å². The second kappa shape index (κ2) is 8.16. The molecule has 8 nitrogen and oxygen atoms in total. The van der Waals surface area contributed by atoms with Crippen LogP contribution in [0.3, 0.4) is 0 Å². The molecule has 0 saturated carbocycles. The summed E-state index contributed by atoms with van der Waals surface area (Å²) < 4.78 is 27.3. The molecule has 158 valence electrons. The molecular formula is C21H24N4O4S. The summed E-state index contributed by atoms with van der Waals surface area (Å²) in [4.78, 5) is 30.8. The van der Waals surface area contributed by atoms with Crippen molar-refractivity contribution >= 4 is 27.5 Å². The number of sulfonamides is 1. The van der Waals surface area contributed by atoms with Crippen LogP contribution >= 0.6 is 0 Å². The zero-order valence-electron chi connectivity index (χ0n) is 16.7. The summed E-state index contributed by atoms with van der Waals surface area (Å²) in [5, 5.41) is 2.85. The van der Waals surface area contributed by atoms with E-state index in [1.54, 1.807) is 30.6 Å². The van der Waals surface area contributed by atoms with Crippen molar-refractivity contribution in [3.8, 4) is 0 Å². The fraction of sp³-hybridized carbons (Fsp3) is 0.381. The third-order valence-corrected chi connectivity index (χ3v) is 7.46. The molecule has 1 N–H and O–H groups in total. The van der Waals surface area contributed by atoms with E-state index >= 15 is 0 Å². The van der Waals surface area contributed by atoms with Crippen LogP contribution in [-0.2, 0) is 32.6 Å². The van der Waals surface area contributed by atoms with Crippen LogP contribution in [0.2, 0.25) is 0 Å². The van der Waals surface area contributed by atoms with Crippen molar-refractivity contribution < 1.29 is 18.0 Å². The van der Waals surface area contributed by atoms with Crippen molar-refractivity contribution in [2.75, 3.05) is 18.0 Å². The maximum Gasteiger partial charge on any atom is 0.243 e. The van der Waals surface area contributed by atoms with Crippen LogP contribution in [0, 0.1) is 0 Å². The minimum absolute atomic E-state index is 0.211. The third-order valence-electron chi connectivity index (χ3n) is 5.57. The number of carbonyl (C=O) groups excluding carboxylic acids is 2. The monoisotopic (exact) mass is 428 g/mol. The van der Waals surface area contributed by atoms with Crippen LogP contribution in [0.25, 0.3) is 0 Å². The van der Waals surface area contributed by atoms with Gasteiger partial charge >= 0.3 is 0 Å². The number of carbonyl (C=O) groups is 2. The maximum atomic E-state index is 12.9. The molecule has 1 fully saturated rings. The highest BCUT2D eigenvalue weighted by Gasteiger charge is 2.38. The van der Waals surface area contributed by atoms with Crippen LogP contribution < -0.4 is 10.2 Å². The lowest BCUT2D eigenvalue weighted by Crippen LogP contribution is -2.47. The summed E-state index contributed by atoms with van der Waals surface area (Å²) >= 11 is 0. The van der Waals surface area contributed by atoms with Crippen molar-refractivity contribution in [3.63, 3.8) is 0 Å². The molecule has 1 aromatic heterocycles. The van der Waals surface area contributed by atoms with E-state index in [1.165, 1.54) is 22.2 Å². The van der Waals surface area contributed by atoms with Gasteiger partial charge in [-0.15, -0.1) is 0 Å². The molecule has 0 spiro atoms. The van der Waals surface area contributed by atoms with E-state index in [2.05, 4.69) is 10.3 Å². The van der Waals surface area contributed by atoms with Crippen molar-refractivity contribution in [2.45, 2.75) is 43.7 Å². The van der Waals surface area contributed by atoms with E-state index in [9.17, 15) is 18.0 Å². The van der Waals surface area contributed by atoms with Crippen LogP contribution in [-0.4, -0.2) is 48.7 Å². The first kappa shape index (κ1) is 20.5. The van der Waals surface area contributed by atoms with E-state index in [4.69, 9.17) is 0 Å². The second-order valence-corrected chi connectivity index (χ2v) is 9.53. The van der Waals surface area contributed by atoms with Gasteiger partial charge in [0.15, 0.2) is 0 Å². The van der Waals surface area contributed by atoms with Crippen molar-refractivity contribution in [3.05, 3.63) is 53.9 Å². The van der Waals surface area contributed by atoms with E-state index < -0.39 is 16.1 Å². The molecule has 1 aromatic carbocycles. The fourth-order valence-corrected chi connectivity index (χ4v) is 5.64. The Morgan fingerprint density at radius 1 is 1.20 bits per heavy atom. The molecule has 0 bridgehead atoms. The van der Waals surface area contributed by atoms with E-state index in [-0.39, 0.29) is 23.1 Å². The summed E-state index contributed by atoms with van der Waals surface area (Å²) in [5.41, 5.74) is 2.13. The number of aromatic nitrogens is 1. The van der Waals surface area contributed by atoms with Gasteiger partial charge in [-0.05, 0) is 48.2 Å². The highest BCUT2D eigenvalue weighted by Crippen LogP contribution is 2.35. The lowest BCUT2D eigenvalue weighted by Gasteiger charge is -2.23. The number of amides is 2. The molecule has 30 heavy (non-hydrogen) atoms. The normalized spacial score (nSPS) is 19.0. The zero-order valence-corrected chi connectivity index (χ0v) is 17.6.